The lowest BCUT2D eigenvalue weighted by Gasteiger charge is -2.30. The molecule has 0 bridgehead atoms. The molecule has 9 heteroatoms. The highest BCUT2D eigenvalue weighted by molar-refractivity contribution is 6.32. The van der Waals surface area contributed by atoms with Gasteiger partial charge in [-0.05, 0) is 70.0 Å². The van der Waals surface area contributed by atoms with Gasteiger partial charge in [-0.2, -0.15) is 0 Å². The number of pyridine rings is 1. The lowest BCUT2D eigenvalue weighted by Crippen LogP contribution is -2.42. The molecule has 1 aliphatic rings. The lowest BCUT2D eigenvalue weighted by atomic mass is 10.1. The summed E-state index contributed by atoms with van der Waals surface area (Å²) in [5.74, 6) is 2.01. The van der Waals surface area contributed by atoms with Gasteiger partial charge in [0.15, 0.2) is 0 Å². The number of nitrogens with one attached hydrogen (secondary N) is 1. The first-order valence-corrected chi connectivity index (χ1v) is 13.6. The van der Waals surface area contributed by atoms with E-state index in [1.54, 1.807) is 24.1 Å². The molecule has 1 unspecified atom stereocenters. The van der Waals surface area contributed by atoms with Crippen molar-refractivity contribution in [2.75, 3.05) is 26.8 Å². The third-order valence-corrected chi connectivity index (χ3v) is 6.73. The van der Waals surface area contributed by atoms with Crippen LogP contribution in [-0.2, 0) is 9.47 Å². The normalized spacial score (nSPS) is 14.9. The van der Waals surface area contributed by atoms with Crippen molar-refractivity contribution in [3.63, 3.8) is 0 Å². The van der Waals surface area contributed by atoms with E-state index in [0.29, 0.717) is 23.7 Å². The number of methoxy groups -OCH3 is 1. The van der Waals surface area contributed by atoms with Crippen LogP contribution < -0.4 is 9.47 Å². The molecule has 1 fully saturated rings. The first kappa shape index (κ1) is 28.5. The monoisotopic (exact) mass is 553 g/mol. The Bertz CT molecular complexity index is 1320. The highest BCUT2D eigenvalue weighted by Crippen LogP contribution is 2.35. The van der Waals surface area contributed by atoms with E-state index in [1.807, 2.05) is 51.1 Å². The molecule has 1 aliphatic heterocycles. The summed E-state index contributed by atoms with van der Waals surface area (Å²) in [5.41, 5.74) is 3.03. The van der Waals surface area contributed by atoms with Gasteiger partial charge in [0.05, 0.1) is 24.0 Å². The molecule has 1 aromatic carbocycles. The number of nitrogens with zero attached hydrogens (tertiary/aromatic N) is 2. The van der Waals surface area contributed by atoms with Crippen LogP contribution in [0.15, 0.2) is 48.7 Å². The number of hydrogen-bond donors (Lipinski definition) is 1. The second-order valence-corrected chi connectivity index (χ2v) is 10.0. The number of carbonyl (C=O) groups is 1. The number of carbonyl (C=O) groups excluding carboxylic acids is 1. The average Bonchev–Trinajstić information content (AvgIpc) is 3.37. The smallest absolute Gasteiger partial charge is 0.255 e. The molecule has 1 saturated heterocycles. The molecule has 0 saturated carbocycles. The minimum atomic E-state index is -0.177. The molecule has 39 heavy (non-hydrogen) atoms. The molecule has 4 rings (SSSR count). The van der Waals surface area contributed by atoms with E-state index in [-0.39, 0.29) is 29.0 Å². The fraction of sp³-hybridized carbons (Fsp3) is 0.400. The lowest BCUT2D eigenvalue weighted by molar-refractivity contribution is 0.0651. The van der Waals surface area contributed by atoms with Crippen LogP contribution in [0.1, 0.15) is 56.6 Å². The van der Waals surface area contributed by atoms with Gasteiger partial charge in [0.1, 0.15) is 28.4 Å². The van der Waals surface area contributed by atoms with Gasteiger partial charge in [0, 0.05) is 43.7 Å². The van der Waals surface area contributed by atoms with Gasteiger partial charge in [-0.1, -0.05) is 18.5 Å². The fourth-order valence-corrected chi connectivity index (χ4v) is 4.29. The molecular weight excluding hydrogens is 518 g/mol. The number of allylic oxidation sites excluding steroid dienone is 1. The predicted molar refractivity (Wildman–Crippen MR) is 153 cm³/mol. The zero-order valence-corrected chi connectivity index (χ0v) is 23.9. The summed E-state index contributed by atoms with van der Waals surface area (Å²) in [6.45, 7) is 9.97. The minimum absolute atomic E-state index is 0.0765. The number of H-pyrrole nitrogens is 1. The standard InChI is InChI=1S/C30H36ClN3O5/c1-6-19(3)38-28(7-2)27-10-9-26(33-27)21-13-23(37-20(4)18-36-5)16-24(14-21)39-29-25(31)15-22(17-32-29)30(35)34-11-8-12-34/h7,9-10,13-17,19-20,33H,6,8,11-12,18H2,1-5H3/b28-7+/t19?,20-/m0/s1. The van der Waals surface area contributed by atoms with Crippen LogP contribution in [0.4, 0.5) is 0 Å². The maximum Gasteiger partial charge on any atom is 0.255 e. The van der Waals surface area contributed by atoms with Crippen LogP contribution in [-0.4, -0.2) is 59.8 Å². The van der Waals surface area contributed by atoms with Gasteiger partial charge in [0.25, 0.3) is 5.91 Å². The summed E-state index contributed by atoms with van der Waals surface area (Å²) in [5, 5.41) is 0.254. The number of aromatic amines is 1. The Hall–Kier alpha value is -3.49. The van der Waals surface area contributed by atoms with Gasteiger partial charge in [-0.15, -0.1) is 0 Å². The number of hydrogen-bond acceptors (Lipinski definition) is 6. The third kappa shape index (κ3) is 7.13. The highest BCUT2D eigenvalue weighted by Gasteiger charge is 2.23. The number of aromatic nitrogens is 2. The Kier molecular flexibility index (Phi) is 9.54. The minimum Gasteiger partial charge on any atom is -0.489 e. The summed E-state index contributed by atoms with van der Waals surface area (Å²) >= 11 is 6.49. The van der Waals surface area contributed by atoms with Crippen molar-refractivity contribution < 1.29 is 23.7 Å². The van der Waals surface area contributed by atoms with E-state index in [1.165, 1.54) is 6.20 Å². The number of rotatable bonds is 12. The Morgan fingerprint density at radius 1 is 1.15 bits per heavy atom. The number of amides is 1. The van der Waals surface area contributed by atoms with E-state index in [0.717, 1.165) is 48.6 Å². The molecule has 0 radical (unpaired) electrons. The quantitative estimate of drug-likeness (QED) is 0.244. The first-order valence-electron chi connectivity index (χ1n) is 13.3. The molecule has 1 N–H and O–H groups in total. The number of likely N-dealkylation sites (tertiary alicyclic amines) is 1. The molecule has 3 heterocycles. The SMILES string of the molecule is C/C=C(/OC(C)CC)c1ccc(-c2cc(Oc3ncc(C(=O)N4CCC4)cc3Cl)cc(O[C@@H](C)COC)c2)[nH]1. The van der Waals surface area contributed by atoms with Crippen molar-refractivity contribution in [1.29, 1.82) is 0 Å². The van der Waals surface area contributed by atoms with E-state index >= 15 is 0 Å². The Balaban J connectivity index is 1.62. The summed E-state index contributed by atoms with van der Waals surface area (Å²) in [4.78, 5) is 22.1. The van der Waals surface area contributed by atoms with E-state index < -0.39 is 0 Å². The zero-order chi connectivity index (χ0) is 27.9. The molecule has 2 aromatic heterocycles. The van der Waals surface area contributed by atoms with Gasteiger partial charge >= 0.3 is 0 Å². The molecular formula is C30H36ClN3O5. The van der Waals surface area contributed by atoms with Crippen LogP contribution in [0, 0.1) is 0 Å². The zero-order valence-electron chi connectivity index (χ0n) is 23.1. The number of benzene rings is 1. The molecule has 208 valence electrons. The van der Waals surface area contributed by atoms with Crippen LogP contribution in [0.25, 0.3) is 17.0 Å². The van der Waals surface area contributed by atoms with Crippen molar-refractivity contribution in [2.24, 2.45) is 0 Å². The molecule has 3 aromatic rings. The van der Waals surface area contributed by atoms with Gasteiger partial charge < -0.3 is 28.8 Å². The number of ether oxygens (including phenoxy) is 4. The Morgan fingerprint density at radius 2 is 1.92 bits per heavy atom. The summed E-state index contributed by atoms with van der Waals surface area (Å²) < 4.78 is 23.5. The fourth-order valence-electron chi connectivity index (χ4n) is 4.08. The maximum absolute atomic E-state index is 12.5. The van der Waals surface area contributed by atoms with Crippen LogP contribution in [0.3, 0.4) is 0 Å². The second kappa shape index (κ2) is 13.0. The molecule has 0 spiro atoms. The van der Waals surface area contributed by atoms with Crippen molar-refractivity contribution in [3.8, 4) is 28.6 Å². The first-order chi connectivity index (χ1) is 18.8. The van der Waals surface area contributed by atoms with E-state index in [2.05, 4.69) is 16.9 Å². The topological polar surface area (TPSA) is 85.9 Å². The molecule has 8 nitrogen and oxygen atoms in total. The van der Waals surface area contributed by atoms with E-state index in [9.17, 15) is 4.79 Å². The van der Waals surface area contributed by atoms with Crippen molar-refractivity contribution >= 4 is 23.3 Å². The average molecular weight is 554 g/mol. The molecule has 1 amide bonds. The molecule has 0 aliphatic carbocycles. The Morgan fingerprint density at radius 3 is 2.56 bits per heavy atom. The second-order valence-electron chi connectivity index (χ2n) is 9.61. The molecule has 2 atom stereocenters. The van der Waals surface area contributed by atoms with Gasteiger partial charge in [-0.3, -0.25) is 4.79 Å². The van der Waals surface area contributed by atoms with Gasteiger partial charge in [0.2, 0.25) is 5.88 Å². The van der Waals surface area contributed by atoms with Crippen LogP contribution in [0.2, 0.25) is 5.02 Å². The number of halogens is 1. The predicted octanol–water partition coefficient (Wildman–Crippen LogP) is 6.96. The third-order valence-electron chi connectivity index (χ3n) is 6.46. The summed E-state index contributed by atoms with van der Waals surface area (Å²) in [6.07, 6.45) is 5.30. The van der Waals surface area contributed by atoms with Crippen LogP contribution in [0.5, 0.6) is 17.4 Å². The van der Waals surface area contributed by atoms with E-state index in [4.69, 9.17) is 30.5 Å². The summed E-state index contributed by atoms with van der Waals surface area (Å²) in [7, 11) is 1.63. The van der Waals surface area contributed by atoms with Gasteiger partial charge in [-0.25, -0.2) is 4.98 Å². The largest absolute Gasteiger partial charge is 0.489 e. The Labute approximate surface area is 234 Å². The van der Waals surface area contributed by atoms with Crippen molar-refractivity contribution in [1.82, 2.24) is 14.9 Å². The van der Waals surface area contributed by atoms with Crippen molar-refractivity contribution in [2.45, 2.75) is 52.7 Å². The highest BCUT2D eigenvalue weighted by atomic mass is 35.5. The van der Waals surface area contributed by atoms with Crippen molar-refractivity contribution in [3.05, 3.63) is 65.0 Å². The maximum atomic E-state index is 12.5. The summed E-state index contributed by atoms with van der Waals surface area (Å²) in [6, 6.07) is 11.2. The van der Waals surface area contributed by atoms with Crippen LogP contribution >= 0.6 is 11.6 Å².